The Morgan fingerprint density at radius 2 is 1.96 bits per heavy atom. The van der Waals surface area contributed by atoms with Gasteiger partial charge in [0.1, 0.15) is 5.82 Å². The summed E-state index contributed by atoms with van der Waals surface area (Å²) in [6.07, 6.45) is 3.95. The first kappa shape index (κ1) is 15.7. The molecule has 4 rings (SSSR count). The molecule has 0 bridgehead atoms. The third-order valence-corrected chi connectivity index (χ3v) is 4.91. The van der Waals surface area contributed by atoms with Gasteiger partial charge in [0.05, 0.1) is 11.9 Å². The molecule has 1 aliphatic heterocycles. The largest absolute Gasteiger partial charge is 0.383 e. The number of nitrogens with zero attached hydrogens (tertiary/aromatic N) is 3. The molecule has 2 heterocycles. The molecule has 3 N–H and O–H groups in total. The van der Waals surface area contributed by atoms with Crippen molar-refractivity contribution in [1.29, 1.82) is 0 Å². The summed E-state index contributed by atoms with van der Waals surface area (Å²) >= 11 is 0. The first-order valence-corrected chi connectivity index (χ1v) is 8.61. The van der Waals surface area contributed by atoms with Crippen LogP contribution < -0.4 is 16.3 Å². The zero-order chi connectivity index (χ0) is 17.4. The van der Waals surface area contributed by atoms with Gasteiger partial charge in [-0.2, -0.15) is 4.98 Å². The second kappa shape index (κ2) is 6.23. The van der Waals surface area contributed by atoms with Crippen molar-refractivity contribution in [3.63, 3.8) is 0 Å². The van der Waals surface area contributed by atoms with Crippen LogP contribution in [0.25, 0.3) is 0 Å². The maximum atomic E-state index is 12.8. The van der Waals surface area contributed by atoms with Crippen molar-refractivity contribution in [1.82, 2.24) is 14.9 Å². The number of nitrogens with one attached hydrogen (secondary N) is 1. The molecule has 0 unspecified atom stereocenters. The van der Waals surface area contributed by atoms with E-state index in [1.54, 1.807) is 0 Å². The second-order valence-electron chi connectivity index (χ2n) is 6.67. The Hall–Kier alpha value is -2.83. The average Bonchev–Trinajstić information content (AvgIpc) is 3.47. The van der Waals surface area contributed by atoms with E-state index < -0.39 is 5.69 Å². The lowest BCUT2D eigenvalue weighted by molar-refractivity contribution is 0.0746. The van der Waals surface area contributed by atoms with Crippen LogP contribution in [0.5, 0.6) is 0 Å². The van der Waals surface area contributed by atoms with Gasteiger partial charge in [0.15, 0.2) is 0 Å². The normalized spacial score (nSPS) is 17.6. The molecule has 2 aliphatic rings. The standard InChI is InChI=1S/C18H21N5O2/c19-16-15(11-20-18(25)21-16)22-6-8-23(9-7-22)17(24)14-3-1-2-13(10-14)12-4-5-12/h1-3,10-12H,4-9H2,(H3,19,20,21,25). The molecule has 1 aromatic heterocycles. The van der Waals surface area contributed by atoms with E-state index in [-0.39, 0.29) is 5.91 Å². The Morgan fingerprint density at radius 1 is 1.20 bits per heavy atom. The van der Waals surface area contributed by atoms with Gasteiger partial charge in [-0.15, -0.1) is 0 Å². The van der Waals surface area contributed by atoms with E-state index in [0.717, 1.165) is 5.56 Å². The van der Waals surface area contributed by atoms with Crippen LogP contribution in [0.1, 0.15) is 34.7 Å². The molecule has 1 aromatic carbocycles. The predicted octanol–water partition coefficient (Wildman–Crippen LogP) is 1.19. The molecule has 7 heteroatoms. The lowest BCUT2D eigenvalue weighted by Crippen LogP contribution is -2.49. The SMILES string of the molecule is Nc1[nH]c(=O)ncc1N1CCN(C(=O)c2cccc(C3CC3)c2)CC1. The molecule has 0 atom stereocenters. The number of nitrogen functional groups attached to an aromatic ring is 1. The molecule has 2 fully saturated rings. The van der Waals surface area contributed by atoms with Crippen LogP contribution in [-0.2, 0) is 0 Å². The lowest BCUT2D eigenvalue weighted by atomic mass is 10.1. The third-order valence-electron chi connectivity index (χ3n) is 4.91. The Labute approximate surface area is 145 Å². The number of carbonyl (C=O) groups excluding carboxylic acids is 1. The monoisotopic (exact) mass is 339 g/mol. The van der Waals surface area contributed by atoms with Crippen LogP contribution in [-0.4, -0.2) is 47.0 Å². The van der Waals surface area contributed by atoms with Gasteiger partial charge >= 0.3 is 5.69 Å². The summed E-state index contributed by atoms with van der Waals surface area (Å²) in [5.74, 6) is 1.03. The van der Waals surface area contributed by atoms with E-state index in [0.29, 0.717) is 43.6 Å². The number of hydrogen-bond donors (Lipinski definition) is 2. The first-order chi connectivity index (χ1) is 12.1. The highest BCUT2D eigenvalue weighted by atomic mass is 16.2. The molecule has 0 radical (unpaired) electrons. The number of aromatic nitrogens is 2. The van der Waals surface area contributed by atoms with Crippen LogP contribution in [0.15, 0.2) is 35.3 Å². The van der Waals surface area contributed by atoms with Crippen molar-refractivity contribution < 1.29 is 4.79 Å². The summed E-state index contributed by atoms with van der Waals surface area (Å²) in [6, 6.07) is 8.02. The molecule has 1 amide bonds. The predicted molar refractivity (Wildman–Crippen MR) is 95.8 cm³/mol. The van der Waals surface area contributed by atoms with Gasteiger partial charge in [0.25, 0.3) is 5.91 Å². The fourth-order valence-electron chi connectivity index (χ4n) is 3.33. The number of anilines is 2. The molecule has 25 heavy (non-hydrogen) atoms. The van der Waals surface area contributed by atoms with E-state index >= 15 is 0 Å². The maximum absolute atomic E-state index is 12.8. The number of nitrogens with two attached hydrogens (primary N) is 1. The minimum absolute atomic E-state index is 0.0784. The minimum Gasteiger partial charge on any atom is -0.383 e. The van der Waals surface area contributed by atoms with Crippen molar-refractivity contribution in [2.24, 2.45) is 0 Å². The van der Waals surface area contributed by atoms with Crippen LogP contribution in [0.3, 0.4) is 0 Å². The zero-order valence-corrected chi connectivity index (χ0v) is 13.9. The maximum Gasteiger partial charge on any atom is 0.346 e. The van der Waals surface area contributed by atoms with Crippen LogP contribution >= 0.6 is 0 Å². The van der Waals surface area contributed by atoms with Gasteiger partial charge in [-0.05, 0) is 36.5 Å². The molecular weight excluding hydrogens is 318 g/mol. The number of amides is 1. The lowest BCUT2D eigenvalue weighted by Gasteiger charge is -2.36. The summed E-state index contributed by atoms with van der Waals surface area (Å²) in [4.78, 5) is 34.1. The number of H-pyrrole nitrogens is 1. The smallest absolute Gasteiger partial charge is 0.346 e. The topological polar surface area (TPSA) is 95.3 Å². The number of aromatic amines is 1. The number of rotatable bonds is 3. The quantitative estimate of drug-likeness (QED) is 0.876. The van der Waals surface area contributed by atoms with Crippen molar-refractivity contribution in [3.8, 4) is 0 Å². The molecule has 1 saturated heterocycles. The fourth-order valence-corrected chi connectivity index (χ4v) is 3.33. The summed E-state index contributed by atoms with van der Waals surface area (Å²) in [5, 5.41) is 0. The highest BCUT2D eigenvalue weighted by Crippen LogP contribution is 2.40. The van der Waals surface area contributed by atoms with Gasteiger partial charge in [0.2, 0.25) is 0 Å². The van der Waals surface area contributed by atoms with E-state index in [9.17, 15) is 9.59 Å². The van der Waals surface area contributed by atoms with Gasteiger partial charge in [-0.25, -0.2) is 4.79 Å². The summed E-state index contributed by atoms with van der Waals surface area (Å²) in [5.41, 5.74) is 8.17. The van der Waals surface area contributed by atoms with Gasteiger partial charge in [-0.1, -0.05) is 12.1 Å². The van der Waals surface area contributed by atoms with Crippen LogP contribution in [0.2, 0.25) is 0 Å². The van der Waals surface area contributed by atoms with E-state index in [2.05, 4.69) is 16.0 Å². The fraction of sp³-hybridized carbons (Fsp3) is 0.389. The zero-order valence-electron chi connectivity index (χ0n) is 13.9. The highest BCUT2D eigenvalue weighted by Gasteiger charge is 2.26. The number of benzene rings is 1. The Bertz CT molecular complexity index is 851. The highest BCUT2D eigenvalue weighted by molar-refractivity contribution is 5.94. The number of piperazine rings is 1. The molecule has 7 nitrogen and oxygen atoms in total. The van der Waals surface area contributed by atoms with Crippen molar-refractivity contribution in [2.75, 3.05) is 36.8 Å². The molecule has 0 spiro atoms. The van der Waals surface area contributed by atoms with Crippen LogP contribution in [0, 0.1) is 0 Å². The van der Waals surface area contributed by atoms with Crippen molar-refractivity contribution >= 4 is 17.4 Å². The van der Waals surface area contributed by atoms with Crippen molar-refractivity contribution in [2.45, 2.75) is 18.8 Å². The minimum atomic E-state index is -0.453. The van der Waals surface area contributed by atoms with Gasteiger partial charge in [-0.3, -0.25) is 9.78 Å². The molecule has 1 aliphatic carbocycles. The second-order valence-corrected chi connectivity index (χ2v) is 6.67. The summed E-state index contributed by atoms with van der Waals surface area (Å²) in [7, 11) is 0. The first-order valence-electron chi connectivity index (χ1n) is 8.61. The Balaban J connectivity index is 1.43. The third kappa shape index (κ3) is 3.22. The molecule has 1 saturated carbocycles. The van der Waals surface area contributed by atoms with Crippen LogP contribution in [0.4, 0.5) is 11.5 Å². The Morgan fingerprint density at radius 3 is 2.64 bits per heavy atom. The molecular formula is C18H21N5O2. The van der Waals surface area contributed by atoms with Gasteiger partial charge < -0.3 is 15.5 Å². The molecule has 2 aromatic rings. The van der Waals surface area contributed by atoms with E-state index in [4.69, 9.17) is 5.73 Å². The average molecular weight is 339 g/mol. The van der Waals surface area contributed by atoms with E-state index in [1.807, 2.05) is 28.0 Å². The number of hydrogen-bond acceptors (Lipinski definition) is 5. The Kier molecular flexibility index (Phi) is 3.91. The number of carbonyl (C=O) groups is 1. The van der Waals surface area contributed by atoms with Crippen molar-refractivity contribution in [3.05, 3.63) is 52.1 Å². The summed E-state index contributed by atoms with van der Waals surface area (Å²) in [6.45, 7) is 2.55. The summed E-state index contributed by atoms with van der Waals surface area (Å²) < 4.78 is 0. The van der Waals surface area contributed by atoms with Gasteiger partial charge in [0, 0.05) is 31.7 Å². The molecule has 130 valence electrons. The van der Waals surface area contributed by atoms with E-state index in [1.165, 1.54) is 24.6 Å².